The van der Waals surface area contributed by atoms with Gasteiger partial charge in [-0.1, -0.05) is 40.2 Å². The van der Waals surface area contributed by atoms with E-state index < -0.39 is 0 Å². The second-order valence-electron chi connectivity index (χ2n) is 5.20. The zero-order valence-corrected chi connectivity index (χ0v) is 13.2. The summed E-state index contributed by atoms with van der Waals surface area (Å²) in [4.78, 5) is 0. The van der Waals surface area contributed by atoms with Crippen molar-refractivity contribution >= 4 is 37.7 Å². The van der Waals surface area contributed by atoms with Gasteiger partial charge in [0.2, 0.25) is 0 Å². The number of fused-ring (bicyclic) bond motifs is 2. The van der Waals surface area contributed by atoms with Gasteiger partial charge in [-0.3, -0.25) is 4.68 Å². The summed E-state index contributed by atoms with van der Waals surface area (Å²) in [7, 11) is 2.00. The molecule has 0 aliphatic rings. The van der Waals surface area contributed by atoms with Crippen molar-refractivity contribution in [2.75, 3.05) is 0 Å². The van der Waals surface area contributed by atoms with E-state index in [4.69, 9.17) is 0 Å². The lowest BCUT2D eigenvalue weighted by Crippen LogP contribution is -2.00. The highest BCUT2D eigenvalue weighted by Gasteiger charge is 2.10. The maximum Gasteiger partial charge on any atom is 0.0900 e. The number of halogens is 1. The van der Waals surface area contributed by atoms with Crippen LogP contribution in [0.1, 0.15) is 5.69 Å². The summed E-state index contributed by atoms with van der Waals surface area (Å²) >= 11 is 3.61. The maximum absolute atomic E-state index is 4.68. The number of rotatable bonds is 2. The predicted molar refractivity (Wildman–Crippen MR) is 89.5 cm³/mol. The lowest BCUT2D eigenvalue weighted by atomic mass is 10.2. The molecule has 104 valence electrons. The minimum atomic E-state index is 0.779. The van der Waals surface area contributed by atoms with Crippen LogP contribution in [0.2, 0.25) is 0 Å². The minimum Gasteiger partial charge on any atom is -0.341 e. The highest BCUT2D eigenvalue weighted by atomic mass is 79.9. The van der Waals surface area contributed by atoms with Crippen molar-refractivity contribution < 1.29 is 0 Å². The van der Waals surface area contributed by atoms with Crippen LogP contribution in [-0.2, 0) is 13.6 Å². The Morgan fingerprint density at radius 1 is 0.952 bits per heavy atom. The fourth-order valence-corrected chi connectivity index (χ4v) is 3.38. The third kappa shape index (κ3) is 1.98. The first-order chi connectivity index (χ1) is 10.2. The van der Waals surface area contributed by atoms with E-state index in [9.17, 15) is 0 Å². The molecule has 0 atom stereocenters. The zero-order chi connectivity index (χ0) is 14.4. The topological polar surface area (TPSA) is 22.8 Å². The smallest absolute Gasteiger partial charge is 0.0900 e. The Morgan fingerprint density at radius 3 is 2.67 bits per heavy atom. The zero-order valence-electron chi connectivity index (χ0n) is 11.6. The number of aromatic nitrogens is 3. The van der Waals surface area contributed by atoms with E-state index in [-0.39, 0.29) is 0 Å². The van der Waals surface area contributed by atoms with Crippen molar-refractivity contribution in [2.45, 2.75) is 6.54 Å². The van der Waals surface area contributed by atoms with E-state index in [1.165, 1.54) is 21.8 Å². The van der Waals surface area contributed by atoms with Gasteiger partial charge in [0.15, 0.2) is 0 Å². The lowest BCUT2D eigenvalue weighted by molar-refractivity contribution is 0.732. The molecule has 0 amide bonds. The molecule has 4 aromatic rings. The highest BCUT2D eigenvalue weighted by Crippen LogP contribution is 2.26. The third-order valence-electron chi connectivity index (χ3n) is 3.91. The molecule has 0 aliphatic heterocycles. The molecule has 0 saturated heterocycles. The van der Waals surface area contributed by atoms with Gasteiger partial charge in [-0.25, -0.2) is 0 Å². The second-order valence-corrected chi connectivity index (χ2v) is 6.06. The molecule has 0 unspecified atom stereocenters. The van der Waals surface area contributed by atoms with Crippen molar-refractivity contribution in [3.63, 3.8) is 0 Å². The molecule has 21 heavy (non-hydrogen) atoms. The van der Waals surface area contributed by atoms with Gasteiger partial charge >= 0.3 is 0 Å². The van der Waals surface area contributed by atoms with Crippen LogP contribution in [0.15, 0.2) is 59.2 Å². The fraction of sp³-hybridized carbons (Fsp3) is 0.118. The molecule has 2 aromatic carbocycles. The first kappa shape index (κ1) is 12.7. The standard InChI is InChI=1S/C17H14BrN3/c1-20-16-7-3-2-5-13(16)15(19-20)11-21-10-9-12-14(18)6-4-8-17(12)21/h2-10H,11H2,1H3. The molecular formula is C17H14BrN3. The Kier molecular flexibility index (Phi) is 2.86. The van der Waals surface area contributed by atoms with Crippen LogP contribution in [0.4, 0.5) is 0 Å². The highest BCUT2D eigenvalue weighted by molar-refractivity contribution is 9.10. The number of hydrogen-bond donors (Lipinski definition) is 0. The van der Waals surface area contributed by atoms with Crippen LogP contribution < -0.4 is 0 Å². The van der Waals surface area contributed by atoms with E-state index >= 15 is 0 Å². The number of para-hydroxylation sites is 1. The van der Waals surface area contributed by atoms with Crippen LogP contribution in [0.3, 0.4) is 0 Å². The summed E-state index contributed by atoms with van der Waals surface area (Å²) in [6.07, 6.45) is 2.12. The largest absolute Gasteiger partial charge is 0.341 e. The molecule has 0 N–H and O–H groups in total. The van der Waals surface area contributed by atoms with Gasteiger partial charge in [0.25, 0.3) is 0 Å². The van der Waals surface area contributed by atoms with E-state index in [0.29, 0.717) is 0 Å². The van der Waals surface area contributed by atoms with Crippen LogP contribution in [-0.4, -0.2) is 14.3 Å². The van der Waals surface area contributed by atoms with Crippen LogP contribution in [0, 0.1) is 0 Å². The first-order valence-corrected chi connectivity index (χ1v) is 7.67. The molecule has 4 rings (SSSR count). The van der Waals surface area contributed by atoms with Crippen LogP contribution >= 0.6 is 15.9 Å². The molecule has 0 spiro atoms. The van der Waals surface area contributed by atoms with Crippen molar-refractivity contribution in [3.05, 3.63) is 64.9 Å². The minimum absolute atomic E-state index is 0.779. The monoisotopic (exact) mass is 339 g/mol. The van der Waals surface area contributed by atoms with Gasteiger partial charge in [-0.2, -0.15) is 5.10 Å². The quantitative estimate of drug-likeness (QED) is 0.532. The molecular weight excluding hydrogens is 326 g/mol. The number of benzene rings is 2. The summed E-state index contributed by atoms with van der Waals surface area (Å²) in [5.41, 5.74) is 3.50. The Hall–Kier alpha value is -2.07. The predicted octanol–water partition coefficient (Wildman–Crippen LogP) is 4.34. The maximum atomic E-state index is 4.68. The Bertz CT molecular complexity index is 949. The van der Waals surface area contributed by atoms with Crippen molar-refractivity contribution in [2.24, 2.45) is 7.05 Å². The second kappa shape index (κ2) is 4.74. The summed E-state index contributed by atoms with van der Waals surface area (Å²) in [6, 6.07) is 16.8. The average molecular weight is 340 g/mol. The van der Waals surface area contributed by atoms with E-state index in [0.717, 1.165) is 16.7 Å². The molecule has 2 heterocycles. The Balaban J connectivity index is 1.85. The van der Waals surface area contributed by atoms with E-state index in [2.05, 4.69) is 80.3 Å². The van der Waals surface area contributed by atoms with Gasteiger partial charge < -0.3 is 4.57 Å². The Labute approximate surface area is 130 Å². The lowest BCUT2D eigenvalue weighted by Gasteiger charge is -2.04. The molecule has 3 nitrogen and oxygen atoms in total. The van der Waals surface area contributed by atoms with E-state index in [1.54, 1.807) is 0 Å². The van der Waals surface area contributed by atoms with Gasteiger partial charge in [0, 0.05) is 34.0 Å². The van der Waals surface area contributed by atoms with Crippen molar-refractivity contribution in [3.8, 4) is 0 Å². The third-order valence-corrected chi connectivity index (χ3v) is 4.61. The number of hydrogen-bond acceptors (Lipinski definition) is 1. The molecule has 0 fully saturated rings. The van der Waals surface area contributed by atoms with Crippen LogP contribution in [0.5, 0.6) is 0 Å². The molecule has 4 heteroatoms. The van der Waals surface area contributed by atoms with Crippen molar-refractivity contribution in [1.29, 1.82) is 0 Å². The molecule has 0 saturated carbocycles. The summed E-state index contributed by atoms with van der Waals surface area (Å²) < 4.78 is 5.32. The van der Waals surface area contributed by atoms with E-state index in [1.807, 2.05) is 11.7 Å². The fourth-order valence-electron chi connectivity index (χ4n) is 2.89. The summed E-state index contributed by atoms with van der Waals surface area (Å²) in [5, 5.41) is 7.13. The number of aryl methyl sites for hydroxylation is 1. The van der Waals surface area contributed by atoms with Crippen LogP contribution in [0.25, 0.3) is 21.8 Å². The number of nitrogens with zero attached hydrogens (tertiary/aromatic N) is 3. The normalized spacial score (nSPS) is 11.5. The Morgan fingerprint density at radius 2 is 1.76 bits per heavy atom. The SMILES string of the molecule is Cn1nc(Cn2ccc3c(Br)cccc32)c2ccccc21. The van der Waals surface area contributed by atoms with Gasteiger partial charge in [-0.15, -0.1) is 0 Å². The van der Waals surface area contributed by atoms with Gasteiger partial charge in [-0.05, 0) is 24.3 Å². The molecule has 0 aliphatic carbocycles. The first-order valence-electron chi connectivity index (χ1n) is 6.88. The average Bonchev–Trinajstić information content (AvgIpc) is 3.04. The van der Waals surface area contributed by atoms with Gasteiger partial charge in [0.05, 0.1) is 17.8 Å². The molecule has 0 bridgehead atoms. The molecule has 0 radical (unpaired) electrons. The van der Waals surface area contributed by atoms with Gasteiger partial charge in [0.1, 0.15) is 0 Å². The van der Waals surface area contributed by atoms with Crippen molar-refractivity contribution in [1.82, 2.24) is 14.3 Å². The molecule has 2 aromatic heterocycles. The summed E-state index contributed by atoms with van der Waals surface area (Å²) in [5.74, 6) is 0. The summed E-state index contributed by atoms with van der Waals surface area (Å²) in [6.45, 7) is 0.779.